The predicted molar refractivity (Wildman–Crippen MR) is 101 cm³/mol. The molecule has 14 heteroatoms. The number of piperidine rings is 1. The standard InChI is InChI=1S/C19H19F5N2O7/c1-31-14-8-12(13(26(29)30)9-15(14)33-18(20)21)10-32-17(28)11-2-5-25(6-3-11)7-4-16(27)19(22,23)24/h4,7-9,11,18H,2-3,5-6,10H2,1H3/b7-4+. The molecule has 2 rings (SSSR count). The molecule has 1 saturated heterocycles. The van der Waals surface area contributed by atoms with Gasteiger partial charge >= 0.3 is 18.8 Å². The Morgan fingerprint density at radius 3 is 2.39 bits per heavy atom. The molecule has 1 aliphatic heterocycles. The van der Waals surface area contributed by atoms with Crippen LogP contribution in [0.3, 0.4) is 0 Å². The van der Waals surface area contributed by atoms with Crippen molar-refractivity contribution >= 4 is 17.4 Å². The Bertz CT molecular complexity index is 913. The number of esters is 1. The number of likely N-dealkylation sites (tertiary alicyclic amines) is 1. The van der Waals surface area contributed by atoms with Crippen molar-refractivity contribution in [3.05, 3.63) is 40.1 Å². The summed E-state index contributed by atoms with van der Waals surface area (Å²) in [7, 11) is 1.14. The highest BCUT2D eigenvalue weighted by atomic mass is 19.4. The van der Waals surface area contributed by atoms with Crippen LogP contribution in [-0.4, -0.2) is 54.6 Å². The molecular formula is C19H19F5N2O7. The molecule has 9 nitrogen and oxygen atoms in total. The minimum Gasteiger partial charge on any atom is -0.493 e. The number of methoxy groups -OCH3 is 1. The first-order valence-electron chi connectivity index (χ1n) is 9.42. The number of carbonyl (C=O) groups is 2. The highest BCUT2D eigenvalue weighted by molar-refractivity contribution is 5.94. The normalized spacial score (nSPS) is 15.1. The first-order valence-corrected chi connectivity index (χ1v) is 9.42. The van der Waals surface area contributed by atoms with Crippen molar-refractivity contribution in [2.45, 2.75) is 32.2 Å². The van der Waals surface area contributed by atoms with Crippen LogP contribution in [0.2, 0.25) is 0 Å². The monoisotopic (exact) mass is 482 g/mol. The van der Waals surface area contributed by atoms with Gasteiger partial charge in [0.2, 0.25) is 0 Å². The van der Waals surface area contributed by atoms with Gasteiger partial charge in [0, 0.05) is 25.4 Å². The molecule has 0 saturated carbocycles. The first-order chi connectivity index (χ1) is 15.4. The van der Waals surface area contributed by atoms with Gasteiger partial charge in [-0.1, -0.05) is 0 Å². The van der Waals surface area contributed by atoms with E-state index in [1.165, 1.54) is 4.90 Å². The molecule has 0 aliphatic carbocycles. The predicted octanol–water partition coefficient (Wildman–Crippen LogP) is 3.61. The molecule has 0 amide bonds. The number of ether oxygens (including phenoxy) is 3. The summed E-state index contributed by atoms with van der Waals surface area (Å²) in [6.07, 6.45) is -3.11. The van der Waals surface area contributed by atoms with Crippen LogP contribution < -0.4 is 9.47 Å². The minimum atomic E-state index is -4.96. The van der Waals surface area contributed by atoms with Crippen molar-refractivity contribution in [1.29, 1.82) is 0 Å². The van der Waals surface area contributed by atoms with Gasteiger partial charge in [-0.25, -0.2) is 0 Å². The lowest BCUT2D eigenvalue weighted by atomic mass is 9.97. The lowest BCUT2D eigenvalue weighted by Crippen LogP contribution is -2.34. The molecular weight excluding hydrogens is 463 g/mol. The van der Waals surface area contributed by atoms with E-state index in [0.29, 0.717) is 6.08 Å². The zero-order chi connectivity index (χ0) is 24.8. The highest BCUT2D eigenvalue weighted by Gasteiger charge is 2.36. The van der Waals surface area contributed by atoms with Crippen LogP contribution >= 0.6 is 0 Å². The second-order valence-corrected chi connectivity index (χ2v) is 6.86. The van der Waals surface area contributed by atoms with Crippen molar-refractivity contribution in [3.8, 4) is 11.5 Å². The van der Waals surface area contributed by atoms with Gasteiger partial charge in [0.15, 0.2) is 11.5 Å². The van der Waals surface area contributed by atoms with Gasteiger partial charge in [-0.05, 0) is 18.9 Å². The van der Waals surface area contributed by atoms with Gasteiger partial charge < -0.3 is 19.1 Å². The summed E-state index contributed by atoms with van der Waals surface area (Å²) in [5.74, 6) is -4.08. The van der Waals surface area contributed by atoms with E-state index in [4.69, 9.17) is 9.47 Å². The summed E-state index contributed by atoms with van der Waals surface area (Å²) in [5, 5.41) is 11.3. The smallest absolute Gasteiger partial charge is 0.454 e. The molecule has 0 atom stereocenters. The van der Waals surface area contributed by atoms with Crippen molar-refractivity contribution in [2.24, 2.45) is 5.92 Å². The fraction of sp³-hybridized carbons (Fsp3) is 0.474. The Hall–Kier alpha value is -3.45. The fourth-order valence-electron chi connectivity index (χ4n) is 3.04. The third-order valence-corrected chi connectivity index (χ3v) is 4.73. The number of carbonyl (C=O) groups excluding carboxylic acids is 2. The Kier molecular flexibility index (Phi) is 8.54. The molecule has 0 aromatic heterocycles. The van der Waals surface area contributed by atoms with Crippen LogP contribution in [0, 0.1) is 16.0 Å². The molecule has 182 valence electrons. The van der Waals surface area contributed by atoms with E-state index in [2.05, 4.69) is 4.74 Å². The fourth-order valence-corrected chi connectivity index (χ4v) is 3.04. The molecule has 0 unspecified atom stereocenters. The van der Waals surface area contributed by atoms with Crippen molar-refractivity contribution < 1.29 is 50.7 Å². The summed E-state index contributed by atoms with van der Waals surface area (Å²) in [4.78, 5) is 35.1. The summed E-state index contributed by atoms with van der Waals surface area (Å²) in [6.45, 7) is -3.40. The molecule has 0 radical (unpaired) electrons. The Morgan fingerprint density at radius 2 is 1.88 bits per heavy atom. The second-order valence-electron chi connectivity index (χ2n) is 6.86. The number of hydrogen-bond donors (Lipinski definition) is 0. The summed E-state index contributed by atoms with van der Waals surface area (Å²) < 4.78 is 75.9. The van der Waals surface area contributed by atoms with E-state index >= 15 is 0 Å². The molecule has 0 bridgehead atoms. The van der Waals surface area contributed by atoms with Crippen molar-refractivity contribution in [3.63, 3.8) is 0 Å². The first kappa shape index (κ1) is 25.8. The van der Waals surface area contributed by atoms with E-state index in [-0.39, 0.29) is 37.2 Å². The average Bonchev–Trinajstić information content (AvgIpc) is 2.75. The molecule has 0 N–H and O–H groups in total. The van der Waals surface area contributed by atoms with Gasteiger partial charge in [-0.15, -0.1) is 0 Å². The van der Waals surface area contributed by atoms with Crippen molar-refractivity contribution in [2.75, 3.05) is 20.2 Å². The number of alkyl halides is 5. The van der Waals surface area contributed by atoms with Crippen molar-refractivity contribution in [1.82, 2.24) is 4.90 Å². The van der Waals surface area contributed by atoms with E-state index in [9.17, 15) is 41.7 Å². The number of rotatable bonds is 9. The number of halogens is 5. The largest absolute Gasteiger partial charge is 0.493 e. The maximum atomic E-state index is 12.5. The second kappa shape index (κ2) is 10.9. The number of allylic oxidation sites excluding steroid dienone is 1. The van der Waals surface area contributed by atoms with Gasteiger partial charge in [-0.3, -0.25) is 19.7 Å². The molecule has 1 aromatic rings. The number of nitro benzene ring substituents is 1. The molecule has 0 spiro atoms. The van der Waals surface area contributed by atoms with Gasteiger partial charge in [0.05, 0.1) is 29.6 Å². The Labute approximate surface area is 183 Å². The molecule has 1 fully saturated rings. The van der Waals surface area contributed by atoms with Crippen LogP contribution in [0.25, 0.3) is 0 Å². The summed E-state index contributed by atoms with van der Waals surface area (Å²) in [6, 6.07) is 1.79. The molecule has 1 aromatic carbocycles. The average molecular weight is 482 g/mol. The van der Waals surface area contributed by atoms with Crippen LogP contribution in [0.4, 0.5) is 27.6 Å². The van der Waals surface area contributed by atoms with Gasteiger partial charge in [0.25, 0.3) is 11.5 Å². The van der Waals surface area contributed by atoms with Crippen LogP contribution in [0.5, 0.6) is 11.5 Å². The van der Waals surface area contributed by atoms with Crippen LogP contribution in [0.1, 0.15) is 18.4 Å². The number of benzene rings is 1. The number of nitrogens with zero attached hydrogens (tertiary/aromatic N) is 2. The number of nitro groups is 1. The zero-order valence-corrected chi connectivity index (χ0v) is 17.1. The minimum absolute atomic E-state index is 0.113. The highest BCUT2D eigenvalue weighted by Crippen LogP contribution is 2.36. The van der Waals surface area contributed by atoms with E-state index in [1.807, 2.05) is 0 Å². The van der Waals surface area contributed by atoms with E-state index < -0.39 is 53.4 Å². The number of ketones is 1. The summed E-state index contributed by atoms with van der Waals surface area (Å²) >= 11 is 0. The van der Waals surface area contributed by atoms with E-state index in [1.54, 1.807) is 0 Å². The Balaban J connectivity index is 1.99. The van der Waals surface area contributed by atoms with Crippen LogP contribution in [0.15, 0.2) is 24.4 Å². The van der Waals surface area contributed by atoms with Crippen LogP contribution in [-0.2, 0) is 20.9 Å². The van der Waals surface area contributed by atoms with Gasteiger partial charge in [0.1, 0.15) is 6.61 Å². The van der Waals surface area contributed by atoms with Gasteiger partial charge in [-0.2, -0.15) is 22.0 Å². The van der Waals surface area contributed by atoms with E-state index in [0.717, 1.165) is 25.4 Å². The quantitative estimate of drug-likeness (QED) is 0.173. The molecule has 1 aliphatic rings. The third kappa shape index (κ3) is 7.29. The lowest BCUT2D eigenvalue weighted by Gasteiger charge is -2.29. The molecule has 1 heterocycles. The third-order valence-electron chi connectivity index (χ3n) is 4.73. The zero-order valence-electron chi connectivity index (χ0n) is 17.1. The number of hydrogen-bond acceptors (Lipinski definition) is 8. The SMILES string of the molecule is COc1cc(COC(=O)C2CCN(/C=C/C(=O)C(F)(F)F)CC2)c([N+](=O)[O-])cc1OC(F)F. The maximum absolute atomic E-state index is 12.5. The maximum Gasteiger partial charge on any atom is 0.454 e. The Morgan fingerprint density at radius 1 is 1.24 bits per heavy atom. The topological polar surface area (TPSA) is 108 Å². The lowest BCUT2D eigenvalue weighted by molar-refractivity contribution is -0.386. The summed E-state index contributed by atoms with van der Waals surface area (Å²) in [5.41, 5.74) is -0.730. The molecule has 33 heavy (non-hydrogen) atoms.